The first-order valence-corrected chi connectivity index (χ1v) is 8.76. The van der Waals surface area contributed by atoms with Crippen molar-refractivity contribution in [3.05, 3.63) is 0 Å². The van der Waals surface area contributed by atoms with E-state index < -0.39 is 12.7 Å². The van der Waals surface area contributed by atoms with Gasteiger partial charge < -0.3 is 15.4 Å². The molecule has 5 nitrogen and oxygen atoms in total. The van der Waals surface area contributed by atoms with Crippen LogP contribution in [-0.2, 0) is 4.74 Å². The second-order valence-electron chi connectivity index (χ2n) is 6.10. The summed E-state index contributed by atoms with van der Waals surface area (Å²) in [7, 11) is 1.73. The average Bonchev–Trinajstić information content (AvgIpc) is 2.53. The van der Waals surface area contributed by atoms with Gasteiger partial charge in [-0.1, -0.05) is 0 Å². The number of ether oxygens (including phenoxy) is 1. The lowest BCUT2D eigenvalue weighted by Crippen LogP contribution is -2.41. The molecule has 1 aliphatic rings. The van der Waals surface area contributed by atoms with Crippen LogP contribution in [0.3, 0.4) is 0 Å². The minimum absolute atomic E-state index is 0. The highest BCUT2D eigenvalue weighted by Gasteiger charge is 2.32. The van der Waals surface area contributed by atoms with Crippen molar-refractivity contribution in [2.75, 3.05) is 53.0 Å². The lowest BCUT2D eigenvalue weighted by molar-refractivity contribution is -0.148. The molecule has 0 aromatic heterocycles. The first-order chi connectivity index (χ1) is 11.4. The highest BCUT2D eigenvalue weighted by Crippen LogP contribution is 2.23. The second kappa shape index (κ2) is 13.9. The number of hydrogen-bond acceptors (Lipinski definition) is 3. The minimum atomic E-state index is -4.09. The summed E-state index contributed by atoms with van der Waals surface area (Å²) in [5, 5.41) is 6.49. The number of likely N-dealkylation sites (tertiary alicyclic amines) is 1. The van der Waals surface area contributed by atoms with Gasteiger partial charge in [0.1, 0.15) is 0 Å². The zero-order chi connectivity index (χ0) is 17.8. The first kappa shape index (κ1) is 24.7. The van der Waals surface area contributed by atoms with Gasteiger partial charge in [-0.3, -0.25) is 9.89 Å². The molecule has 0 aromatic rings. The first-order valence-electron chi connectivity index (χ1n) is 8.76. The summed E-state index contributed by atoms with van der Waals surface area (Å²) in [4.78, 5) is 5.66. The molecule has 9 heteroatoms. The van der Waals surface area contributed by atoms with Crippen LogP contribution in [0.15, 0.2) is 4.99 Å². The van der Waals surface area contributed by atoms with Gasteiger partial charge in [0, 0.05) is 33.4 Å². The van der Waals surface area contributed by atoms with Crippen LogP contribution in [0.1, 0.15) is 32.6 Å². The molecular formula is C16H32F3IN4O. The Balaban J connectivity index is 0.00000576. The maximum atomic E-state index is 12.4. The molecule has 1 saturated heterocycles. The quantitative estimate of drug-likeness (QED) is 0.231. The van der Waals surface area contributed by atoms with Gasteiger partial charge in [-0.15, -0.1) is 24.0 Å². The number of aliphatic imine (C=N–C) groups is 1. The van der Waals surface area contributed by atoms with Crippen LogP contribution >= 0.6 is 24.0 Å². The fourth-order valence-electron chi connectivity index (χ4n) is 2.83. The van der Waals surface area contributed by atoms with Gasteiger partial charge in [-0.25, -0.2) is 0 Å². The van der Waals surface area contributed by atoms with Crippen molar-refractivity contribution in [2.45, 2.75) is 38.8 Å². The molecule has 0 aromatic carbocycles. The number of piperidine rings is 1. The van der Waals surface area contributed by atoms with Crippen LogP contribution in [0.4, 0.5) is 13.2 Å². The maximum absolute atomic E-state index is 12.4. The van der Waals surface area contributed by atoms with E-state index >= 15 is 0 Å². The molecule has 0 spiro atoms. The van der Waals surface area contributed by atoms with Gasteiger partial charge in [-0.2, -0.15) is 13.2 Å². The summed E-state index contributed by atoms with van der Waals surface area (Å²) < 4.78 is 42.3. The van der Waals surface area contributed by atoms with Crippen LogP contribution in [0.5, 0.6) is 0 Å². The zero-order valence-corrected chi connectivity index (χ0v) is 17.5. The van der Waals surface area contributed by atoms with Crippen LogP contribution < -0.4 is 10.6 Å². The lowest BCUT2D eigenvalue weighted by atomic mass is 9.93. The molecule has 1 fully saturated rings. The zero-order valence-electron chi connectivity index (χ0n) is 15.2. The maximum Gasteiger partial charge on any atom is 0.401 e. The molecule has 0 unspecified atom stereocenters. The predicted molar refractivity (Wildman–Crippen MR) is 106 cm³/mol. The second-order valence-corrected chi connectivity index (χ2v) is 6.10. The minimum Gasteiger partial charge on any atom is -0.382 e. The van der Waals surface area contributed by atoms with E-state index in [0.717, 1.165) is 57.9 Å². The molecule has 0 amide bonds. The Morgan fingerprint density at radius 3 is 2.40 bits per heavy atom. The summed E-state index contributed by atoms with van der Waals surface area (Å²) in [6.07, 6.45) is -0.545. The third-order valence-corrected chi connectivity index (χ3v) is 4.14. The summed E-state index contributed by atoms with van der Waals surface area (Å²) in [6.45, 7) is 5.32. The van der Waals surface area contributed by atoms with Gasteiger partial charge >= 0.3 is 6.18 Å². The fourth-order valence-corrected chi connectivity index (χ4v) is 2.83. The Hall–Kier alpha value is -0.290. The number of guanidine groups is 1. The van der Waals surface area contributed by atoms with Crippen LogP contribution in [0, 0.1) is 5.92 Å². The van der Waals surface area contributed by atoms with E-state index in [1.54, 1.807) is 7.05 Å². The molecule has 150 valence electrons. The Kier molecular flexibility index (Phi) is 13.7. The molecule has 25 heavy (non-hydrogen) atoms. The summed E-state index contributed by atoms with van der Waals surface area (Å²) >= 11 is 0. The van der Waals surface area contributed by atoms with E-state index in [1.807, 2.05) is 6.92 Å². The molecule has 0 bridgehead atoms. The average molecular weight is 480 g/mol. The van der Waals surface area contributed by atoms with Crippen molar-refractivity contribution < 1.29 is 17.9 Å². The standard InChI is InChI=1S/C16H31F3N4O.HI/c1-3-24-12-4-8-21-15(20-2)22-9-5-14-6-10-23(11-7-14)13-16(17,18)19;/h14H,3-13H2,1-2H3,(H2,20,21,22);1H. The van der Waals surface area contributed by atoms with Gasteiger partial charge in [0.05, 0.1) is 6.54 Å². The van der Waals surface area contributed by atoms with E-state index in [4.69, 9.17) is 4.74 Å². The third-order valence-electron chi connectivity index (χ3n) is 4.14. The van der Waals surface area contributed by atoms with Crippen LogP contribution in [-0.4, -0.2) is 70.0 Å². The van der Waals surface area contributed by atoms with E-state index in [9.17, 15) is 13.2 Å². The number of alkyl halides is 3. The third kappa shape index (κ3) is 12.7. The van der Waals surface area contributed by atoms with Gasteiger partial charge in [-0.05, 0) is 51.6 Å². The number of nitrogens with one attached hydrogen (secondary N) is 2. The Morgan fingerprint density at radius 1 is 1.20 bits per heavy atom. The molecular weight excluding hydrogens is 448 g/mol. The molecule has 0 saturated carbocycles. The van der Waals surface area contributed by atoms with Crippen molar-refractivity contribution >= 4 is 29.9 Å². The van der Waals surface area contributed by atoms with E-state index in [0.29, 0.717) is 19.0 Å². The van der Waals surface area contributed by atoms with Gasteiger partial charge in [0.25, 0.3) is 0 Å². The van der Waals surface area contributed by atoms with Crippen molar-refractivity contribution in [3.8, 4) is 0 Å². The molecule has 0 radical (unpaired) electrons. The fraction of sp³-hybridized carbons (Fsp3) is 0.938. The van der Waals surface area contributed by atoms with Crippen LogP contribution in [0.2, 0.25) is 0 Å². The Labute approximate surface area is 166 Å². The van der Waals surface area contributed by atoms with E-state index in [2.05, 4.69) is 15.6 Å². The highest BCUT2D eigenvalue weighted by molar-refractivity contribution is 14.0. The van der Waals surface area contributed by atoms with Gasteiger partial charge in [0.2, 0.25) is 0 Å². The SMILES string of the molecule is CCOCCCNC(=NC)NCCC1CCN(CC(F)(F)F)CC1.I. The van der Waals surface area contributed by atoms with E-state index in [-0.39, 0.29) is 24.0 Å². The summed E-state index contributed by atoms with van der Waals surface area (Å²) in [5.41, 5.74) is 0. The summed E-state index contributed by atoms with van der Waals surface area (Å²) in [5.74, 6) is 1.25. The van der Waals surface area contributed by atoms with Gasteiger partial charge in [0.15, 0.2) is 5.96 Å². The van der Waals surface area contributed by atoms with Crippen molar-refractivity contribution in [3.63, 3.8) is 0 Å². The lowest BCUT2D eigenvalue weighted by Gasteiger charge is -2.32. The van der Waals surface area contributed by atoms with Crippen molar-refractivity contribution in [2.24, 2.45) is 10.9 Å². The smallest absolute Gasteiger partial charge is 0.382 e. The Bertz CT molecular complexity index is 362. The molecule has 2 N–H and O–H groups in total. The number of rotatable bonds is 9. The topological polar surface area (TPSA) is 48.9 Å². The number of halogens is 4. The molecule has 0 atom stereocenters. The number of hydrogen-bond donors (Lipinski definition) is 2. The molecule has 1 heterocycles. The normalized spacial score (nSPS) is 17.2. The molecule has 1 rings (SSSR count). The van der Waals surface area contributed by atoms with Crippen molar-refractivity contribution in [1.29, 1.82) is 0 Å². The van der Waals surface area contributed by atoms with Crippen molar-refractivity contribution in [1.82, 2.24) is 15.5 Å². The molecule has 0 aliphatic carbocycles. The largest absolute Gasteiger partial charge is 0.401 e. The predicted octanol–water partition coefficient (Wildman–Crippen LogP) is 2.86. The Morgan fingerprint density at radius 2 is 1.84 bits per heavy atom. The number of nitrogens with zero attached hydrogens (tertiary/aromatic N) is 2. The molecule has 1 aliphatic heterocycles. The highest BCUT2D eigenvalue weighted by atomic mass is 127. The monoisotopic (exact) mass is 480 g/mol. The van der Waals surface area contributed by atoms with E-state index in [1.165, 1.54) is 4.90 Å². The summed E-state index contributed by atoms with van der Waals surface area (Å²) in [6, 6.07) is 0. The van der Waals surface area contributed by atoms with Crippen LogP contribution in [0.25, 0.3) is 0 Å².